The summed E-state index contributed by atoms with van der Waals surface area (Å²) in [6.07, 6.45) is -4.49. The number of amides is 1. The first-order valence-electron chi connectivity index (χ1n) is 4.83. The average Bonchev–Trinajstić information content (AvgIpc) is 2.29. The highest BCUT2D eigenvalue weighted by molar-refractivity contribution is 6.33. The van der Waals surface area contributed by atoms with Crippen molar-refractivity contribution < 1.29 is 18.0 Å². The monoisotopic (exact) mass is 276 g/mol. The minimum absolute atomic E-state index is 0.0387. The molecule has 0 radical (unpaired) electrons. The Labute approximate surface area is 106 Å². The molecule has 1 amide bonds. The molecule has 1 atom stereocenters. The number of nitrogens with zero attached hydrogens (tertiary/aromatic N) is 1. The van der Waals surface area contributed by atoms with Gasteiger partial charge in [0.05, 0.1) is 22.3 Å². The molecule has 1 rings (SSSR count). The van der Waals surface area contributed by atoms with E-state index in [4.69, 9.17) is 16.9 Å². The van der Waals surface area contributed by atoms with Crippen LogP contribution in [0.5, 0.6) is 0 Å². The number of anilines is 1. The van der Waals surface area contributed by atoms with Crippen molar-refractivity contribution in [1.29, 1.82) is 5.26 Å². The summed E-state index contributed by atoms with van der Waals surface area (Å²) in [5.41, 5.74) is -0.865. The molecule has 0 saturated carbocycles. The SMILES string of the molecule is CC(C#N)C(=O)Nc1ccc(C(F)(F)F)cc1Cl. The quantitative estimate of drug-likeness (QED) is 0.899. The van der Waals surface area contributed by atoms with Crippen LogP contribution in [0.25, 0.3) is 0 Å². The van der Waals surface area contributed by atoms with Gasteiger partial charge < -0.3 is 5.32 Å². The summed E-state index contributed by atoms with van der Waals surface area (Å²) in [6, 6.07) is 4.27. The highest BCUT2D eigenvalue weighted by Gasteiger charge is 2.31. The zero-order valence-corrected chi connectivity index (χ0v) is 9.93. The van der Waals surface area contributed by atoms with Gasteiger partial charge >= 0.3 is 6.18 Å². The lowest BCUT2D eigenvalue weighted by atomic mass is 10.1. The molecule has 0 heterocycles. The third-order valence-electron chi connectivity index (χ3n) is 2.14. The van der Waals surface area contributed by atoms with Crippen molar-refractivity contribution in [2.45, 2.75) is 13.1 Å². The minimum Gasteiger partial charge on any atom is -0.324 e. The van der Waals surface area contributed by atoms with Gasteiger partial charge in [-0.05, 0) is 25.1 Å². The van der Waals surface area contributed by atoms with Crippen molar-refractivity contribution in [2.24, 2.45) is 5.92 Å². The topological polar surface area (TPSA) is 52.9 Å². The normalized spacial score (nSPS) is 12.7. The third-order valence-corrected chi connectivity index (χ3v) is 2.45. The summed E-state index contributed by atoms with van der Waals surface area (Å²) in [5, 5.41) is 10.6. The number of rotatable bonds is 2. The van der Waals surface area contributed by atoms with Crippen molar-refractivity contribution >= 4 is 23.2 Å². The second-order valence-corrected chi connectivity index (χ2v) is 3.94. The predicted octanol–water partition coefficient (Wildman–Crippen LogP) is 3.46. The first-order valence-corrected chi connectivity index (χ1v) is 5.20. The van der Waals surface area contributed by atoms with Crippen molar-refractivity contribution in [2.75, 3.05) is 5.32 Å². The van der Waals surface area contributed by atoms with Crippen molar-refractivity contribution in [3.8, 4) is 6.07 Å². The standard InChI is InChI=1S/C11H8ClF3N2O/c1-6(5-16)10(18)17-9-3-2-7(4-8(9)12)11(13,14)15/h2-4,6H,1H3,(H,17,18). The summed E-state index contributed by atoms with van der Waals surface area (Å²) < 4.78 is 37.1. The van der Waals surface area contributed by atoms with Gasteiger partial charge in [0, 0.05) is 0 Å². The van der Waals surface area contributed by atoms with E-state index in [9.17, 15) is 18.0 Å². The molecule has 18 heavy (non-hydrogen) atoms. The van der Waals surface area contributed by atoms with E-state index in [1.807, 2.05) is 0 Å². The fourth-order valence-corrected chi connectivity index (χ4v) is 1.32. The molecule has 0 bridgehead atoms. The third kappa shape index (κ3) is 3.37. The Kier molecular flexibility index (Phi) is 4.19. The number of nitriles is 1. The molecule has 0 aliphatic heterocycles. The molecule has 0 fully saturated rings. The van der Waals surface area contributed by atoms with Crippen LogP contribution in [0.1, 0.15) is 12.5 Å². The van der Waals surface area contributed by atoms with Gasteiger partial charge in [-0.15, -0.1) is 0 Å². The number of hydrogen-bond acceptors (Lipinski definition) is 2. The molecule has 96 valence electrons. The maximum atomic E-state index is 12.4. The highest BCUT2D eigenvalue weighted by Crippen LogP contribution is 2.33. The summed E-state index contributed by atoms with van der Waals surface area (Å²) in [4.78, 5) is 11.4. The average molecular weight is 277 g/mol. The summed E-state index contributed by atoms with van der Waals surface area (Å²) in [5.74, 6) is -1.54. The van der Waals surface area contributed by atoms with Gasteiger partial charge in [-0.25, -0.2) is 0 Å². The molecular weight excluding hydrogens is 269 g/mol. The molecule has 0 aliphatic rings. The van der Waals surface area contributed by atoms with Crippen LogP contribution in [0, 0.1) is 17.2 Å². The highest BCUT2D eigenvalue weighted by atomic mass is 35.5. The lowest BCUT2D eigenvalue weighted by Crippen LogP contribution is -2.19. The smallest absolute Gasteiger partial charge is 0.324 e. The Morgan fingerprint density at radius 1 is 1.50 bits per heavy atom. The predicted molar refractivity (Wildman–Crippen MR) is 59.9 cm³/mol. The fraction of sp³-hybridized carbons (Fsp3) is 0.273. The number of nitrogens with one attached hydrogen (secondary N) is 1. The van der Waals surface area contributed by atoms with Gasteiger partial charge in [-0.3, -0.25) is 4.79 Å². The fourth-order valence-electron chi connectivity index (χ4n) is 1.09. The zero-order chi connectivity index (χ0) is 13.9. The summed E-state index contributed by atoms with van der Waals surface area (Å²) in [7, 11) is 0. The molecule has 0 aliphatic carbocycles. The van der Waals surface area contributed by atoms with Crippen LogP contribution in [0.3, 0.4) is 0 Å². The Morgan fingerprint density at radius 3 is 2.56 bits per heavy atom. The van der Waals surface area contributed by atoms with Gasteiger partial charge in [-0.1, -0.05) is 11.6 Å². The Bertz CT molecular complexity index is 508. The second kappa shape index (κ2) is 5.27. The second-order valence-electron chi connectivity index (χ2n) is 3.53. The molecule has 3 nitrogen and oxygen atoms in total. The Balaban J connectivity index is 2.95. The number of carbonyl (C=O) groups is 1. The van der Waals surface area contributed by atoms with E-state index in [1.165, 1.54) is 6.92 Å². The molecule has 1 aromatic rings. The van der Waals surface area contributed by atoms with Crippen molar-refractivity contribution in [3.05, 3.63) is 28.8 Å². The lowest BCUT2D eigenvalue weighted by molar-refractivity contribution is -0.137. The molecule has 0 saturated heterocycles. The van der Waals surface area contributed by atoms with E-state index < -0.39 is 23.6 Å². The van der Waals surface area contributed by atoms with E-state index in [1.54, 1.807) is 6.07 Å². The van der Waals surface area contributed by atoms with Crippen molar-refractivity contribution in [1.82, 2.24) is 0 Å². The Morgan fingerprint density at radius 2 is 2.11 bits per heavy atom. The molecular formula is C11H8ClF3N2O. The first-order chi connectivity index (χ1) is 8.25. The molecule has 0 aromatic heterocycles. The number of carbonyl (C=O) groups excluding carboxylic acids is 1. The maximum absolute atomic E-state index is 12.4. The van der Waals surface area contributed by atoms with Crippen LogP contribution >= 0.6 is 11.6 Å². The van der Waals surface area contributed by atoms with E-state index >= 15 is 0 Å². The summed E-state index contributed by atoms with van der Waals surface area (Å²) in [6.45, 7) is 1.37. The first kappa shape index (κ1) is 14.3. The molecule has 1 aromatic carbocycles. The van der Waals surface area contributed by atoms with E-state index in [0.717, 1.165) is 12.1 Å². The van der Waals surface area contributed by atoms with Crippen LogP contribution in [-0.2, 0) is 11.0 Å². The van der Waals surface area contributed by atoms with Gasteiger partial charge in [0.1, 0.15) is 5.92 Å². The van der Waals surface area contributed by atoms with E-state index in [2.05, 4.69) is 5.32 Å². The minimum atomic E-state index is -4.49. The Hall–Kier alpha value is -1.74. The molecule has 0 spiro atoms. The maximum Gasteiger partial charge on any atom is 0.416 e. The molecule has 1 N–H and O–H groups in total. The van der Waals surface area contributed by atoms with Crippen LogP contribution < -0.4 is 5.32 Å². The molecule has 7 heteroatoms. The van der Waals surface area contributed by atoms with Gasteiger partial charge in [0.2, 0.25) is 5.91 Å². The van der Waals surface area contributed by atoms with Crippen LogP contribution in [0.4, 0.5) is 18.9 Å². The van der Waals surface area contributed by atoms with Crippen LogP contribution in [0.15, 0.2) is 18.2 Å². The van der Waals surface area contributed by atoms with E-state index in [0.29, 0.717) is 6.07 Å². The molecule has 1 unspecified atom stereocenters. The van der Waals surface area contributed by atoms with Gasteiger partial charge in [-0.2, -0.15) is 18.4 Å². The van der Waals surface area contributed by atoms with E-state index in [-0.39, 0.29) is 10.7 Å². The largest absolute Gasteiger partial charge is 0.416 e. The van der Waals surface area contributed by atoms with Gasteiger partial charge in [0.25, 0.3) is 0 Å². The number of alkyl halides is 3. The van der Waals surface area contributed by atoms with Crippen LogP contribution in [-0.4, -0.2) is 5.91 Å². The van der Waals surface area contributed by atoms with Crippen LogP contribution in [0.2, 0.25) is 5.02 Å². The van der Waals surface area contributed by atoms with Crippen molar-refractivity contribution in [3.63, 3.8) is 0 Å². The number of halogens is 4. The lowest BCUT2D eigenvalue weighted by Gasteiger charge is -2.11. The zero-order valence-electron chi connectivity index (χ0n) is 9.18. The summed E-state index contributed by atoms with van der Waals surface area (Å²) >= 11 is 5.63. The van der Waals surface area contributed by atoms with Gasteiger partial charge in [0.15, 0.2) is 0 Å². The number of hydrogen-bond donors (Lipinski definition) is 1. The number of benzene rings is 1.